The van der Waals surface area contributed by atoms with Crippen LogP contribution in [0, 0.1) is 15.5 Å². The lowest BCUT2D eigenvalue weighted by molar-refractivity contribution is -0.384. The molecule has 1 saturated carbocycles. The molecule has 0 aromatic carbocycles. The highest BCUT2D eigenvalue weighted by molar-refractivity contribution is 6.29. The lowest BCUT2D eigenvalue weighted by Crippen LogP contribution is -2.18. The van der Waals surface area contributed by atoms with E-state index in [-0.39, 0.29) is 16.3 Å². The zero-order valence-corrected chi connectivity index (χ0v) is 11.4. The number of ether oxygens (including phenoxy) is 1. The van der Waals surface area contributed by atoms with Gasteiger partial charge in [0.15, 0.2) is 0 Å². The molecule has 7 heteroatoms. The smallest absolute Gasteiger partial charge is 0.276 e. The zero-order valence-electron chi connectivity index (χ0n) is 10.7. The summed E-state index contributed by atoms with van der Waals surface area (Å²) in [6, 6.07) is 2.64. The van der Waals surface area contributed by atoms with E-state index in [9.17, 15) is 10.1 Å². The van der Waals surface area contributed by atoms with Gasteiger partial charge in [-0.05, 0) is 24.7 Å². The fourth-order valence-electron chi connectivity index (χ4n) is 1.97. The van der Waals surface area contributed by atoms with Crippen molar-refractivity contribution in [3.05, 3.63) is 27.4 Å². The molecule has 0 atom stereocenters. The molecule has 0 spiro atoms. The van der Waals surface area contributed by atoms with Crippen molar-refractivity contribution >= 4 is 23.1 Å². The highest BCUT2D eigenvalue weighted by Gasteiger charge is 2.41. The molecule has 19 heavy (non-hydrogen) atoms. The summed E-state index contributed by atoms with van der Waals surface area (Å²) in [5.41, 5.74) is 0.193. The first-order chi connectivity index (χ1) is 9.04. The number of hydrogen-bond acceptors (Lipinski definition) is 5. The Kier molecular flexibility index (Phi) is 4.21. The summed E-state index contributed by atoms with van der Waals surface area (Å²) in [5.74, 6) is 0.447. The van der Waals surface area contributed by atoms with Crippen molar-refractivity contribution in [2.24, 2.45) is 5.41 Å². The average Bonchev–Trinajstić information content (AvgIpc) is 3.14. The minimum absolute atomic E-state index is 0.0516. The van der Waals surface area contributed by atoms with Crippen LogP contribution in [0.15, 0.2) is 12.1 Å². The topological polar surface area (TPSA) is 77.3 Å². The second-order valence-electron chi connectivity index (χ2n) is 4.89. The van der Waals surface area contributed by atoms with Crippen molar-refractivity contribution in [3.8, 4) is 0 Å². The molecule has 0 amide bonds. The van der Waals surface area contributed by atoms with Gasteiger partial charge in [0.25, 0.3) is 5.69 Å². The molecular formula is C12H16ClN3O3. The van der Waals surface area contributed by atoms with Crippen molar-refractivity contribution in [1.82, 2.24) is 4.98 Å². The van der Waals surface area contributed by atoms with E-state index in [2.05, 4.69) is 10.3 Å². The molecule has 0 aliphatic heterocycles. The van der Waals surface area contributed by atoms with Gasteiger partial charge in [0, 0.05) is 20.3 Å². The summed E-state index contributed by atoms with van der Waals surface area (Å²) >= 11 is 5.77. The van der Waals surface area contributed by atoms with Crippen molar-refractivity contribution < 1.29 is 9.66 Å². The van der Waals surface area contributed by atoms with Crippen LogP contribution < -0.4 is 5.32 Å². The van der Waals surface area contributed by atoms with Gasteiger partial charge in [-0.3, -0.25) is 10.1 Å². The minimum Gasteiger partial charge on any atom is -0.385 e. The molecule has 1 heterocycles. The normalized spacial score (nSPS) is 16.1. The molecular weight excluding hydrogens is 270 g/mol. The Morgan fingerprint density at radius 2 is 2.32 bits per heavy atom. The molecule has 1 aromatic rings. The molecule has 1 fully saturated rings. The third kappa shape index (κ3) is 3.78. The lowest BCUT2D eigenvalue weighted by atomic mass is 10.0. The molecule has 1 N–H and O–H groups in total. The van der Waals surface area contributed by atoms with Crippen LogP contribution in [0.3, 0.4) is 0 Å². The number of rotatable bonds is 7. The van der Waals surface area contributed by atoms with Gasteiger partial charge >= 0.3 is 0 Å². The van der Waals surface area contributed by atoms with E-state index in [1.165, 1.54) is 12.1 Å². The molecule has 1 aliphatic carbocycles. The molecule has 0 saturated heterocycles. The lowest BCUT2D eigenvalue weighted by Gasteiger charge is -2.15. The van der Waals surface area contributed by atoms with Gasteiger partial charge in [0.1, 0.15) is 11.0 Å². The van der Waals surface area contributed by atoms with E-state index in [1.807, 2.05) is 0 Å². The molecule has 0 unspecified atom stereocenters. The molecule has 1 aliphatic rings. The first-order valence-corrected chi connectivity index (χ1v) is 6.47. The summed E-state index contributed by atoms with van der Waals surface area (Å²) in [6.07, 6.45) is 3.27. The van der Waals surface area contributed by atoms with E-state index >= 15 is 0 Å². The predicted molar refractivity (Wildman–Crippen MR) is 72.6 cm³/mol. The van der Waals surface area contributed by atoms with Gasteiger partial charge in [0.2, 0.25) is 0 Å². The van der Waals surface area contributed by atoms with Crippen molar-refractivity contribution in [2.75, 3.05) is 25.6 Å². The zero-order chi connectivity index (χ0) is 13.9. The maximum Gasteiger partial charge on any atom is 0.276 e. The molecule has 2 rings (SSSR count). The van der Waals surface area contributed by atoms with Crippen LogP contribution in [0.5, 0.6) is 0 Å². The van der Waals surface area contributed by atoms with Crippen molar-refractivity contribution in [1.29, 1.82) is 0 Å². The van der Waals surface area contributed by atoms with E-state index < -0.39 is 4.92 Å². The Labute approximate surface area is 116 Å². The Morgan fingerprint density at radius 1 is 1.58 bits per heavy atom. The maximum absolute atomic E-state index is 10.7. The van der Waals surface area contributed by atoms with Gasteiger partial charge < -0.3 is 10.1 Å². The van der Waals surface area contributed by atoms with Crippen LogP contribution in [0.25, 0.3) is 0 Å². The summed E-state index contributed by atoms with van der Waals surface area (Å²) in [5, 5.41) is 14.0. The van der Waals surface area contributed by atoms with E-state index in [1.54, 1.807) is 7.11 Å². The van der Waals surface area contributed by atoms with Crippen LogP contribution in [0.4, 0.5) is 11.5 Å². The van der Waals surface area contributed by atoms with Gasteiger partial charge in [-0.25, -0.2) is 4.98 Å². The first-order valence-electron chi connectivity index (χ1n) is 6.09. The second-order valence-corrected chi connectivity index (χ2v) is 5.27. The van der Waals surface area contributed by atoms with Gasteiger partial charge in [-0.15, -0.1) is 0 Å². The standard InChI is InChI=1S/C12H16ClN3O3/c1-19-5-4-12(2-3-12)8-14-11-7-9(16(17)18)6-10(13)15-11/h6-7H,2-5,8H2,1H3,(H,14,15). The number of nitro groups is 1. The van der Waals surface area contributed by atoms with Crippen LogP contribution in [0.1, 0.15) is 19.3 Å². The Balaban J connectivity index is 1.98. The molecule has 104 valence electrons. The van der Waals surface area contributed by atoms with Gasteiger partial charge in [0.05, 0.1) is 17.1 Å². The number of nitrogens with one attached hydrogen (secondary N) is 1. The fourth-order valence-corrected chi connectivity index (χ4v) is 2.17. The molecule has 0 radical (unpaired) electrons. The number of anilines is 1. The highest BCUT2D eigenvalue weighted by Crippen LogP contribution is 2.48. The number of hydrogen-bond donors (Lipinski definition) is 1. The fraction of sp³-hybridized carbons (Fsp3) is 0.583. The largest absolute Gasteiger partial charge is 0.385 e. The Hall–Kier alpha value is -1.40. The first kappa shape index (κ1) is 14.0. The van der Waals surface area contributed by atoms with Crippen molar-refractivity contribution in [2.45, 2.75) is 19.3 Å². The summed E-state index contributed by atoms with van der Waals surface area (Å²) in [4.78, 5) is 14.3. The number of pyridine rings is 1. The van der Waals surface area contributed by atoms with Crippen LogP contribution in [0.2, 0.25) is 5.15 Å². The molecule has 6 nitrogen and oxygen atoms in total. The van der Waals surface area contributed by atoms with Crippen LogP contribution in [-0.2, 0) is 4.74 Å². The van der Waals surface area contributed by atoms with E-state index in [4.69, 9.17) is 16.3 Å². The van der Waals surface area contributed by atoms with Gasteiger partial charge in [-0.2, -0.15) is 0 Å². The predicted octanol–water partition coefficient (Wildman–Crippen LogP) is 2.87. The van der Waals surface area contributed by atoms with Crippen molar-refractivity contribution in [3.63, 3.8) is 0 Å². The van der Waals surface area contributed by atoms with Crippen LogP contribution in [-0.4, -0.2) is 30.2 Å². The Bertz CT molecular complexity index is 477. The van der Waals surface area contributed by atoms with Gasteiger partial charge in [-0.1, -0.05) is 11.6 Å². The number of halogens is 1. The van der Waals surface area contributed by atoms with E-state index in [0.29, 0.717) is 5.82 Å². The van der Waals surface area contributed by atoms with Crippen LogP contribution >= 0.6 is 11.6 Å². The number of methoxy groups -OCH3 is 1. The quantitative estimate of drug-likeness (QED) is 0.473. The Morgan fingerprint density at radius 3 is 2.89 bits per heavy atom. The monoisotopic (exact) mass is 285 g/mol. The SMILES string of the molecule is COCCC1(CNc2cc([N+](=O)[O-])cc(Cl)n2)CC1. The summed E-state index contributed by atoms with van der Waals surface area (Å²) in [7, 11) is 1.69. The molecule has 1 aromatic heterocycles. The third-order valence-electron chi connectivity index (χ3n) is 3.43. The maximum atomic E-state index is 10.7. The number of aromatic nitrogens is 1. The summed E-state index contributed by atoms with van der Waals surface area (Å²) in [6.45, 7) is 1.46. The minimum atomic E-state index is -0.476. The second kappa shape index (κ2) is 5.71. The molecule has 0 bridgehead atoms. The van der Waals surface area contributed by atoms with E-state index in [0.717, 1.165) is 32.4 Å². The average molecular weight is 286 g/mol. The number of nitrogens with zero attached hydrogens (tertiary/aromatic N) is 2. The third-order valence-corrected chi connectivity index (χ3v) is 3.62. The summed E-state index contributed by atoms with van der Waals surface area (Å²) < 4.78 is 5.09. The highest BCUT2D eigenvalue weighted by atomic mass is 35.5.